The third kappa shape index (κ3) is 3.18. The number of para-hydroxylation sites is 1. The zero-order chi connectivity index (χ0) is 17.0. The van der Waals surface area contributed by atoms with Gasteiger partial charge in [-0.05, 0) is 18.2 Å². The molecule has 1 aromatic carbocycles. The van der Waals surface area contributed by atoms with Crippen LogP contribution in [0.15, 0.2) is 36.5 Å². The van der Waals surface area contributed by atoms with Crippen LogP contribution in [0.5, 0.6) is 5.75 Å². The van der Waals surface area contributed by atoms with Gasteiger partial charge in [-0.2, -0.15) is 0 Å². The lowest BCUT2D eigenvalue weighted by Crippen LogP contribution is -2.16. The average Bonchev–Trinajstić information content (AvgIpc) is 2.59. The Morgan fingerprint density at radius 2 is 1.65 bits per heavy atom. The van der Waals surface area contributed by atoms with Crippen molar-refractivity contribution in [2.75, 3.05) is 14.2 Å². The summed E-state index contributed by atoms with van der Waals surface area (Å²) in [6.07, 6.45) is 1.13. The highest BCUT2D eigenvalue weighted by Crippen LogP contribution is 2.21. The fraction of sp³-hybridized carbons (Fsp3) is 0.125. The molecule has 1 aromatic heterocycles. The molecule has 0 fully saturated rings. The first-order chi connectivity index (χ1) is 11.0. The van der Waals surface area contributed by atoms with Gasteiger partial charge in [-0.3, -0.25) is 4.79 Å². The molecule has 1 heterocycles. The molecule has 0 amide bonds. The highest BCUT2D eigenvalue weighted by atomic mass is 16.5. The summed E-state index contributed by atoms with van der Waals surface area (Å²) in [7, 11) is 2.28. The predicted molar refractivity (Wildman–Crippen MR) is 78.5 cm³/mol. The quantitative estimate of drug-likeness (QED) is 0.675. The van der Waals surface area contributed by atoms with Crippen LogP contribution < -0.4 is 0 Å². The van der Waals surface area contributed by atoms with E-state index in [1.807, 2.05) is 0 Å². The van der Waals surface area contributed by atoms with E-state index in [0.717, 1.165) is 20.4 Å². The molecule has 0 aliphatic rings. The van der Waals surface area contributed by atoms with Gasteiger partial charge in [-0.15, -0.1) is 0 Å². The molecular formula is C16H13NO6. The number of nitrogens with zero attached hydrogens (tertiary/aromatic N) is 1. The van der Waals surface area contributed by atoms with Gasteiger partial charge in [-0.1, -0.05) is 12.1 Å². The summed E-state index contributed by atoms with van der Waals surface area (Å²) in [5, 5.41) is 9.74. The molecule has 118 valence electrons. The molecule has 2 aromatic rings. The molecule has 0 saturated heterocycles. The average molecular weight is 315 g/mol. The van der Waals surface area contributed by atoms with Crippen molar-refractivity contribution in [2.24, 2.45) is 0 Å². The van der Waals surface area contributed by atoms with E-state index in [9.17, 15) is 19.5 Å². The smallest absolute Gasteiger partial charge is 0.357 e. The maximum Gasteiger partial charge on any atom is 0.357 e. The highest BCUT2D eigenvalue weighted by Gasteiger charge is 2.23. The number of esters is 2. The minimum Gasteiger partial charge on any atom is -0.507 e. The zero-order valence-corrected chi connectivity index (χ0v) is 12.4. The summed E-state index contributed by atoms with van der Waals surface area (Å²) >= 11 is 0. The minimum absolute atomic E-state index is 0.0274. The number of aromatic hydroxyl groups is 1. The van der Waals surface area contributed by atoms with Gasteiger partial charge in [0.15, 0.2) is 11.5 Å². The molecule has 0 atom stereocenters. The van der Waals surface area contributed by atoms with Gasteiger partial charge in [-0.25, -0.2) is 14.6 Å². The van der Waals surface area contributed by atoms with Crippen molar-refractivity contribution in [1.29, 1.82) is 0 Å². The maximum atomic E-state index is 12.4. The number of carbonyl (C=O) groups excluding carboxylic acids is 3. The summed E-state index contributed by atoms with van der Waals surface area (Å²) in [4.78, 5) is 39.7. The zero-order valence-electron chi connectivity index (χ0n) is 12.4. The van der Waals surface area contributed by atoms with Crippen molar-refractivity contribution in [3.05, 3.63) is 58.9 Å². The fourth-order valence-corrected chi connectivity index (χ4v) is 1.93. The Morgan fingerprint density at radius 3 is 2.26 bits per heavy atom. The Labute approximate surface area is 131 Å². The Balaban J connectivity index is 2.53. The lowest BCUT2D eigenvalue weighted by atomic mass is 10.0. The third-order valence-electron chi connectivity index (χ3n) is 3.08. The minimum atomic E-state index is -0.829. The molecule has 7 nitrogen and oxygen atoms in total. The molecular weight excluding hydrogens is 302 g/mol. The van der Waals surface area contributed by atoms with Gasteiger partial charge < -0.3 is 14.6 Å². The second-order valence-electron chi connectivity index (χ2n) is 4.45. The Morgan fingerprint density at radius 1 is 1.00 bits per heavy atom. The van der Waals surface area contributed by atoms with Crippen molar-refractivity contribution in [3.63, 3.8) is 0 Å². The van der Waals surface area contributed by atoms with Gasteiger partial charge in [0.1, 0.15) is 5.75 Å². The van der Waals surface area contributed by atoms with Crippen LogP contribution in [0.25, 0.3) is 0 Å². The second-order valence-corrected chi connectivity index (χ2v) is 4.45. The predicted octanol–water partition coefficient (Wildman–Crippen LogP) is 1.59. The van der Waals surface area contributed by atoms with Gasteiger partial charge in [0.25, 0.3) is 0 Å². The van der Waals surface area contributed by atoms with E-state index in [-0.39, 0.29) is 28.1 Å². The normalized spacial score (nSPS) is 10.0. The SMILES string of the molecule is COC(=O)c1cc(C(=O)c2ccccc2O)cnc1C(=O)OC. The van der Waals surface area contributed by atoms with Gasteiger partial charge >= 0.3 is 11.9 Å². The molecule has 0 spiro atoms. The molecule has 0 aliphatic carbocycles. The van der Waals surface area contributed by atoms with E-state index in [1.165, 1.54) is 18.2 Å². The molecule has 0 radical (unpaired) electrons. The first-order valence-corrected chi connectivity index (χ1v) is 6.49. The van der Waals surface area contributed by atoms with Crippen LogP contribution in [0, 0.1) is 0 Å². The van der Waals surface area contributed by atoms with E-state index in [0.29, 0.717) is 0 Å². The van der Waals surface area contributed by atoms with Crippen molar-refractivity contribution >= 4 is 17.7 Å². The van der Waals surface area contributed by atoms with E-state index >= 15 is 0 Å². The number of methoxy groups -OCH3 is 2. The number of hydrogen-bond acceptors (Lipinski definition) is 7. The van der Waals surface area contributed by atoms with E-state index < -0.39 is 17.7 Å². The van der Waals surface area contributed by atoms with Crippen LogP contribution in [0.1, 0.15) is 36.8 Å². The van der Waals surface area contributed by atoms with Crippen LogP contribution in [0.2, 0.25) is 0 Å². The molecule has 1 N–H and O–H groups in total. The number of phenols is 1. The van der Waals surface area contributed by atoms with Crippen LogP contribution in [0.3, 0.4) is 0 Å². The van der Waals surface area contributed by atoms with Crippen molar-refractivity contribution in [2.45, 2.75) is 0 Å². The van der Waals surface area contributed by atoms with E-state index in [2.05, 4.69) is 14.5 Å². The summed E-state index contributed by atoms with van der Waals surface area (Å²) in [6.45, 7) is 0. The fourth-order valence-electron chi connectivity index (χ4n) is 1.93. The van der Waals surface area contributed by atoms with Gasteiger partial charge in [0, 0.05) is 11.8 Å². The number of benzene rings is 1. The lowest BCUT2D eigenvalue weighted by molar-refractivity contribution is 0.0549. The molecule has 23 heavy (non-hydrogen) atoms. The number of carbonyl (C=O) groups is 3. The molecule has 0 bridgehead atoms. The number of rotatable bonds is 4. The summed E-state index contributed by atoms with van der Waals surface area (Å²) in [6, 6.07) is 7.14. The van der Waals surface area contributed by atoms with Crippen molar-refractivity contribution in [1.82, 2.24) is 4.98 Å². The Bertz CT molecular complexity index is 784. The number of pyridine rings is 1. The summed E-state index contributed by atoms with van der Waals surface area (Å²) in [5.74, 6) is -2.40. The lowest BCUT2D eigenvalue weighted by Gasteiger charge is -2.08. The van der Waals surface area contributed by atoms with Crippen LogP contribution >= 0.6 is 0 Å². The standard InChI is InChI=1S/C16H13NO6/c1-22-15(20)11-7-9(8-17-13(11)16(21)23-2)14(19)10-5-3-4-6-12(10)18/h3-8,18H,1-2H3. The summed E-state index contributed by atoms with van der Waals surface area (Å²) in [5.41, 5.74) is -0.371. The van der Waals surface area contributed by atoms with Crippen molar-refractivity contribution in [3.8, 4) is 5.75 Å². The van der Waals surface area contributed by atoms with Gasteiger partial charge in [0.2, 0.25) is 0 Å². The molecule has 0 aliphatic heterocycles. The van der Waals surface area contributed by atoms with E-state index in [4.69, 9.17) is 0 Å². The number of ether oxygens (including phenoxy) is 2. The first kappa shape index (κ1) is 16.2. The summed E-state index contributed by atoms with van der Waals surface area (Å²) < 4.78 is 9.13. The first-order valence-electron chi connectivity index (χ1n) is 6.49. The molecule has 0 unspecified atom stereocenters. The van der Waals surface area contributed by atoms with Gasteiger partial charge in [0.05, 0.1) is 25.3 Å². The number of hydrogen-bond donors (Lipinski definition) is 1. The molecule has 2 rings (SSSR count). The van der Waals surface area contributed by atoms with E-state index in [1.54, 1.807) is 12.1 Å². The number of phenolic OH excluding ortho intramolecular Hbond substituents is 1. The number of aromatic nitrogens is 1. The topological polar surface area (TPSA) is 103 Å². The number of ketones is 1. The highest BCUT2D eigenvalue weighted by molar-refractivity contribution is 6.12. The second kappa shape index (κ2) is 6.69. The third-order valence-corrected chi connectivity index (χ3v) is 3.08. The van der Waals surface area contributed by atoms with Crippen LogP contribution in [-0.4, -0.2) is 42.0 Å². The molecule has 7 heteroatoms. The van der Waals surface area contributed by atoms with Crippen LogP contribution in [0.4, 0.5) is 0 Å². The Hall–Kier alpha value is -3.22. The van der Waals surface area contributed by atoms with Crippen LogP contribution in [-0.2, 0) is 9.47 Å². The van der Waals surface area contributed by atoms with Crippen molar-refractivity contribution < 1.29 is 29.0 Å². The monoisotopic (exact) mass is 315 g/mol. The largest absolute Gasteiger partial charge is 0.507 e. The maximum absolute atomic E-state index is 12.4. The Kier molecular flexibility index (Phi) is 4.70. The molecule has 0 saturated carbocycles.